The molecule has 0 bridgehead atoms. The molecule has 1 unspecified atom stereocenters. The standard InChI is InChI=1S/C12H10O.C11H11NO3/c13-12-8-6-11(7-9-12)10-4-2-1-3-5-10;1-11(10(14)15)6-5-7-3-2-4-8(13)9(7)12-11/h1-9,13H;2-6,12-13H,1H3,(H,14,15). The van der Waals surface area contributed by atoms with E-state index in [1.807, 2.05) is 42.5 Å². The number of carboxylic acid groups (broad SMARTS) is 1. The van der Waals surface area contributed by atoms with Crippen molar-refractivity contribution < 1.29 is 20.1 Å². The largest absolute Gasteiger partial charge is 0.508 e. The minimum Gasteiger partial charge on any atom is -0.508 e. The van der Waals surface area contributed by atoms with Gasteiger partial charge in [0.15, 0.2) is 5.54 Å². The molecule has 1 heterocycles. The van der Waals surface area contributed by atoms with Gasteiger partial charge in [0.25, 0.3) is 0 Å². The van der Waals surface area contributed by atoms with E-state index in [1.165, 1.54) is 11.6 Å². The van der Waals surface area contributed by atoms with Crippen molar-refractivity contribution in [2.45, 2.75) is 12.5 Å². The third kappa shape index (κ3) is 4.15. The minimum absolute atomic E-state index is 0.0596. The topological polar surface area (TPSA) is 89.8 Å². The van der Waals surface area contributed by atoms with Crippen LogP contribution in [0.25, 0.3) is 17.2 Å². The molecule has 1 aliphatic heterocycles. The maximum Gasteiger partial charge on any atom is 0.333 e. The maximum absolute atomic E-state index is 11.0. The van der Waals surface area contributed by atoms with Crippen LogP contribution < -0.4 is 5.32 Å². The average Bonchev–Trinajstić information content (AvgIpc) is 2.70. The number of fused-ring (bicyclic) bond motifs is 1. The zero-order valence-electron chi connectivity index (χ0n) is 15.3. The van der Waals surface area contributed by atoms with Gasteiger partial charge in [0.2, 0.25) is 0 Å². The number of anilines is 1. The Bertz CT molecular complexity index is 997. The summed E-state index contributed by atoms with van der Waals surface area (Å²) >= 11 is 0. The molecule has 0 amide bonds. The molecular formula is C23H21NO4. The van der Waals surface area contributed by atoms with Crippen molar-refractivity contribution in [2.75, 3.05) is 5.32 Å². The number of aliphatic carboxylic acids is 1. The molecule has 0 fully saturated rings. The number of para-hydroxylation sites is 1. The summed E-state index contributed by atoms with van der Waals surface area (Å²) in [6.45, 7) is 1.54. The minimum atomic E-state index is -1.16. The van der Waals surface area contributed by atoms with Crippen LogP contribution in [-0.4, -0.2) is 26.8 Å². The predicted molar refractivity (Wildman–Crippen MR) is 110 cm³/mol. The Balaban J connectivity index is 0.000000162. The first-order chi connectivity index (χ1) is 13.4. The highest BCUT2D eigenvalue weighted by Gasteiger charge is 2.33. The Morgan fingerprint density at radius 1 is 0.857 bits per heavy atom. The number of hydrogen-bond acceptors (Lipinski definition) is 4. The summed E-state index contributed by atoms with van der Waals surface area (Å²) < 4.78 is 0. The summed E-state index contributed by atoms with van der Waals surface area (Å²) in [7, 11) is 0. The number of carbonyl (C=O) groups is 1. The zero-order chi connectivity index (χ0) is 20.1. The first-order valence-corrected chi connectivity index (χ1v) is 8.76. The van der Waals surface area contributed by atoms with Gasteiger partial charge in [-0.1, -0.05) is 60.7 Å². The lowest BCUT2D eigenvalue weighted by atomic mass is 9.94. The molecule has 5 nitrogen and oxygen atoms in total. The monoisotopic (exact) mass is 375 g/mol. The van der Waals surface area contributed by atoms with Crippen LogP contribution in [0.1, 0.15) is 12.5 Å². The highest BCUT2D eigenvalue weighted by atomic mass is 16.4. The van der Waals surface area contributed by atoms with Crippen LogP contribution in [0.3, 0.4) is 0 Å². The lowest BCUT2D eigenvalue weighted by Crippen LogP contribution is -2.42. The number of carboxylic acids is 1. The molecule has 0 radical (unpaired) electrons. The lowest BCUT2D eigenvalue weighted by Gasteiger charge is -2.28. The molecule has 142 valence electrons. The van der Waals surface area contributed by atoms with E-state index in [-0.39, 0.29) is 5.75 Å². The lowest BCUT2D eigenvalue weighted by molar-refractivity contribution is -0.140. The SMILES string of the molecule is CC1(C(=O)O)C=Cc2cccc(O)c2N1.Oc1ccc(-c2ccccc2)cc1. The van der Waals surface area contributed by atoms with Crippen LogP contribution in [0, 0.1) is 0 Å². The molecule has 1 atom stereocenters. The fourth-order valence-corrected chi connectivity index (χ4v) is 2.80. The Kier molecular flexibility index (Phi) is 5.36. The second-order valence-corrected chi connectivity index (χ2v) is 6.62. The van der Waals surface area contributed by atoms with Crippen molar-refractivity contribution in [3.63, 3.8) is 0 Å². The fraction of sp³-hybridized carbons (Fsp3) is 0.0870. The van der Waals surface area contributed by atoms with Crippen molar-refractivity contribution in [1.29, 1.82) is 0 Å². The molecule has 4 rings (SSSR count). The molecule has 1 aliphatic rings. The normalized spacial score (nSPS) is 16.9. The van der Waals surface area contributed by atoms with Crippen LogP contribution in [-0.2, 0) is 4.79 Å². The summed E-state index contributed by atoms with van der Waals surface area (Å²) in [6.07, 6.45) is 3.26. The second-order valence-electron chi connectivity index (χ2n) is 6.62. The summed E-state index contributed by atoms with van der Waals surface area (Å²) in [4.78, 5) is 11.0. The van der Waals surface area contributed by atoms with Crippen LogP contribution in [0.5, 0.6) is 11.5 Å². The molecule has 0 aliphatic carbocycles. The van der Waals surface area contributed by atoms with Gasteiger partial charge >= 0.3 is 5.97 Å². The first-order valence-electron chi connectivity index (χ1n) is 8.76. The number of benzene rings is 3. The Hall–Kier alpha value is -3.73. The van der Waals surface area contributed by atoms with E-state index in [2.05, 4.69) is 5.32 Å². The first kappa shape index (κ1) is 19.0. The van der Waals surface area contributed by atoms with E-state index in [1.54, 1.807) is 43.3 Å². The summed E-state index contributed by atoms with van der Waals surface area (Å²) in [6, 6.07) is 22.3. The molecule has 0 spiro atoms. The number of phenols is 2. The van der Waals surface area contributed by atoms with Crippen molar-refractivity contribution in [3.05, 3.63) is 84.4 Å². The van der Waals surface area contributed by atoms with Crippen molar-refractivity contribution in [1.82, 2.24) is 0 Å². The quantitative estimate of drug-likeness (QED) is 0.486. The van der Waals surface area contributed by atoms with Crippen LogP contribution in [0.15, 0.2) is 78.9 Å². The number of hydrogen-bond donors (Lipinski definition) is 4. The molecular weight excluding hydrogens is 354 g/mol. The van der Waals surface area contributed by atoms with Gasteiger partial charge in [0.05, 0.1) is 5.69 Å². The van der Waals surface area contributed by atoms with Gasteiger partial charge in [-0.05, 0) is 42.3 Å². The number of phenolic OH excluding ortho intramolecular Hbond substituents is 2. The van der Waals surface area contributed by atoms with Crippen molar-refractivity contribution in [3.8, 4) is 22.6 Å². The van der Waals surface area contributed by atoms with Crippen LogP contribution in [0.2, 0.25) is 0 Å². The predicted octanol–water partition coefficient (Wildman–Crippen LogP) is 4.73. The number of rotatable bonds is 2. The average molecular weight is 375 g/mol. The smallest absolute Gasteiger partial charge is 0.333 e. The third-order valence-electron chi connectivity index (χ3n) is 4.47. The van der Waals surface area contributed by atoms with Crippen LogP contribution >= 0.6 is 0 Å². The molecule has 3 aromatic rings. The molecule has 0 saturated carbocycles. The van der Waals surface area contributed by atoms with Gasteiger partial charge in [-0.2, -0.15) is 0 Å². The van der Waals surface area contributed by atoms with E-state index >= 15 is 0 Å². The van der Waals surface area contributed by atoms with E-state index in [9.17, 15) is 9.90 Å². The highest BCUT2D eigenvalue weighted by Crippen LogP contribution is 2.35. The summed E-state index contributed by atoms with van der Waals surface area (Å²) in [5.41, 5.74) is 2.38. The van der Waals surface area contributed by atoms with E-state index in [4.69, 9.17) is 10.2 Å². The fourth-order valence-electron chi connectivity index (χ4n) is 2.80. The van der Waals surface area contributed by atoms with E-state index < -0.39 is 11.5 Å². The molecule has 28 heavy (non-hydrogen) atoms. The second kappa shape index (κ2) is 7.88. The molecule has 0 saturated heterocycles. The number of nitrogens with one attached hydrogen (secondary N) is 1. The summed E-state index contributed by atoms with van der Waals surface area (Å²) in [5, 5.41) is 30.5. The Morgan fingerprint density at radius 3 is 2.14 bits per heavy atom. The van der Waals surface area contributed by atoms with Gasteiger partial charge in [-0.15, -0.1) is 0 Å². The van der Waals surface area contributed by atoms with Crippen molar-refractivity contribution >= 4 is 17.7 Å². The van der Waals surface area contributed by atoms with E-state index in [0.29, 0.717) is 11.4 Å². The summed E-state index contributed by atoms with van der Waals surface area (Å²) in [5.74, 6) is -0.614. The molecule has 0 aromatic heterocycles. The van der Waals surface area contributed by atoms with Gasteiger partial charge in [-0.25, -0.2) is 4.79 Å². The Labute approximate surface area is 163 Å². The zero-order valence-corrected chi connectivity index (χ0v) is 15.3. The van der Waals surface area contributed by atoms with Crippen molar-refractivity contribution in [2.24, 2.45) is 0 Å². The molecule has 3 aromatic carbocycles. The maximum atomic E-state index is 11.0. The van der Waals surface area contributed by atoms with Gasteiger partial charge in [0, 0.05) is 5.56 Å². The van der Waals surface area contributed by atoms with E-state index in [0.717, 1.165) is 11.1 Å². The van der Waals surface area contributed by atoms with Gasteiger partial charge < -0.3 is 20.6 Å². The molecule has 4 N–H and O–H groups in total. The van der Waals surface area contributed by atoms with Gasteiger partial charge in [0.1, 0.15) is 11.5 Å². The Morgan fingerprint density at radius 2 is 1.50 bits per heavy atom. The third-order valence-corrected chi connectivity index (χ3v) is 4.47. The number of aromatic hydroxyl groups is 2. The van der Waals surface area contributed by atoms with Crippen LogP contribution in [0.4, 0.5) is 5.69 Å². The van der Waals surface area contributed by atoms with Gasteiger partial charge in [-0.3, -0.25) is 0 Å². The highest BCUT2D eigenvalue weighted by molar-refractivity contribution is 5.91. The molecule has 5 heteroatoms.